The van der Waals surface area contributed by atoms with E-state index in [1.165, 1.54) is 0 Å². The molecule has 1 amide bonds. The van der Waals surface area contributed by atoms with Crippen LogP contribution in [0.5, 0.6) is 11.5 Å². The summed E-state index contributed by atoms with van der Waals surface area (Å²) in [5, 5.41) is 3.82. The number of pyridine rings is 1. The molecular formula is C16H14ClN3O3. The monoisotopic (exact) mass is 331 g/mol. The molecule has 2 N–H and O–H groups in total. The van der Waals surface area contributed by atoms with Crippen LogP contribution in [0.15, 0.2) is 42.7 Å². The summed E-state index contributed by atoms with van der Waals surface area (Å²) in [5.41, 5.74) is 2.25. The van der Waals surface area contributed by atoms with E-state index in [2.05, 4.69) is 15.3 Å². The molecule has 23 heavy (non-hydrogen) atoms. The number of H-pyrrole nitrogens is 1. The molecule has 0 radical (unpaired) electrons. The molecule has 0 bridgehead atoms. The highest BCUT2D eigenvalue weighted by atomic mass is 35.5. The van der Waals surface area contributed by atoms with Crippen LogP contribution in [0.1, 0.15) is 16.1 Å². The Bertz CT molecular complexity index is 863. The molecular weight excluding hydrogens is 318 g/mol. The fraction of sp³-hybridized carbons (Fsp3) is 0.125. The topological polar surface area (TPSA) is 76.2 Å². The van der Waals surface area contributed by atoms with Gasteiger partial charge in [0.25, 0.3) is 5.91 Å². The van der Waals surface area contributed by atoms with E-state index < -0.39 is 0 Å². The number of aromatic nitrogens is 2. The number of carbonyl (C=O) groups excluding carboxylic acids is 1. The number of nitrogens with one attached hydrogen (secondary N) is 2. The Hall–Kier alpha value is -2.73. The first-order valence-corrected chi connectivity index (χ1v) is 6.89. The van der Waals surface area contributed by atoms with Crippen molar-refractivity contribution >= 4 is 29.2 Å². The maximum absolute atomic E-state index is 12.2. The molecule has 0 atom stereocenters. The smallest absolute Gasteiger partial charge is 0.270 e. The van der Waals surface area contributed by atoms with E-state index in [1.807, 2.05) is 30.5 Å². The van der Waals surface area contributed by atoms with Crippen molar-refractivity contribution in [1.29, 1.82) is 0 Å². The number of aromatic amines is 1. The van der Waals surface area contributed by atoms with E-state index >= 15 is 0 Å². The number of fused-ring (bicyclic) bond motifs is 2. The third-order valence-electron chi connectivity index (χ3n) is 3.56. The lowest BCUT2D eigenvalue weighted by Crippen LogP contribution is -2.23. The van der Waals surface area contributed by atoms with Gasteiger partial charge < -0.3 is 19.8 Å². The summed E-state index contributed by atoms with van der Waals surface area (Å²) < 4.78 is 10.6. The highest BCUT2D eigenvalue weighted by Crippen LogP contribution is 2.32. The van der Waals surface area contributed by atoms with E-state index in [9.17, 15) is 4.79 Å². The fourth-order valence-electron chi connectivity index (χ4n) is 2.40. The van der Waals surface area contributed by atoms with Crippen molar-refractivity contribution in [3.63, 3.8) is 0 Å². The largest absolute Gasteiger partial charge is 0.454 e. The van der Waals surface area contributed by atoms with Gasteiger partial charge in [-0.3, -0.25) is 4.79 Å². The first-order chi connectivity index (χ1) is 10.8. The van der Waals surface area contributed by atoms with Crippen molar-refractivity contribution in [2.75, 3.05) is 6.79 Å². The van der Waals surface area contributed by atoms with Crippen LogP contribution >= 0.6 is 12.4 Å². The minimum Gasteiger partial charge on any atom is -0.454 e. The molecule has 0 aliphatic carbocycles. The van der Waals surface area contributed by atoms with Gasteiger partial charge in [-0.15, -0.1) is 12.4 Å². The van der Waals surface area contributed by atoms with Gasteiger partial charge in [0.05, 0.1) is 11.7 Å². The van der Waals surface area contributed by atoms with E-state index in [0.29, 0.717) is 18.0 Å². The van der Waals surface area contributed by atoms with Crippen LogP contribution < -0.4 is 14.8 Å². The highest BCUT2D eigenvalue weighted by Gasteiger charge is 2.14. The predicted molar refractivity (Wildman–Crippen MR) is 87.1 cm³/mol. The first-order valence-electron chi connectivity index (χ1n) is 6.89. The van der Waals surface area contributed by atoms with Crippen LogP contribution in [0, 0.1) is 0 Å². The van der Waals surface area contributed by atoms with Gasteiger partial charge >= 0.3 is 0 Å². The number of rotatable bonds is 3. The second-order valence-electron chi connectivity index (χ2n) is 5.00. The minimum absolute atomic E-state index is 0. The predicted octanol–water partition coefficient (Wildman–Crippen LogP) is 2.64. The van der Waals surface area contributed by atoms with E-state index in [-0.39, 0.29) is 25.1 Å². The zero-order chi connectivity index (χ0) is 14.9. The number of ether oxygens (including phenoxy) is 2. The van der Waals surface area contributed by atoms with Crippen LogP contribution in [-0.2, 0) is 6.54 Å². The fourth-order valence-corrected chi connectivity index (χ4v) is 2.40. The summed E-state index contributed by atoms with van der Waals surface area (Å²) in [6.07, 6.45) is 3.48. The summed E-state index contributed by atoms with van der Waals surface area (Å²) >= 11 is 0. The van der Waals surface area contributed by atoms with Gasteiger partial charge in [0.2, 0.25) is 6.79 Å². The SMILES string of the molecule is Cl.O=C(NCc1ccc2c(c1)OCO2)c1cc2cc[nH]c2cn1. The van der Waals surface area contributed by atoms with Crippen molar-refractivity contribution < 1.29 is 14.3 Å². The summed E-state index contributed by atoms with van der Waals surface area (Å²) in [5.74, 6) is 1.23. The Morgan fingerprint density at radius 3 is 3.00 bits per heavy atom. The molecule has 0 spiro atoms. The van der Waals surface area contributed by atoms with Crippen LogP contribution in [0.3, 0.4) is 0 Å². The molecule has 0 saturated carbocycles. The van der Waals surface area contributed by atoms with Crippen LogP contribution in [0.25, 0.3) is 10.9 Å². The van der Waals surface area contributed by atoms with Gasteiger partial charge in [-0.2, -0.15) is 0 Å². The molecule has 3 aromatic rings. The average molecular weight is 332 g/mol. The lowest BCUT2D eigenvalue weighted by molar-refractivity contribution is 0.0946. The number of nitrogens with zero attached hydrogens (tertiary/aromatic N) is 1. The molecule has 7 heteroatoms. The number of hydrogen-bond donors (Lipinski definition) is 2. The van der Waals surface area contributed by atoms with Crippen LogP contribution in [-0.4, -0.2) is 22.7 Å². The number of carbonyl (C=O) groups is 1. The first kappa shape index (κ1) is 15.2. The van der Waals surface area contributed by atoms with Gasteiger partial charge in [-0.1, -0.05) is 6.07 Å². The summed E-state index contributed by atoms with van der Waals surface area (Å²) in [6, 6.07) is 9.28. The van der Waals surface area contributed by atoms with Crippen LogP contribution in [0.4, 0.5) is 0 Å². The van der Waals surface area contributed by atoms with Gasteiger partial charge in [-0.25, -0.2) is 4.98 Å². The molecule has 2 aromatic heterocycles. The van der Waals surface area contributed by atoms with Gasteiger partial charge in [-0.05, 0) is 29.8 Å². The molecule has 0 unspecified atom stereocenters. The average Bonchev–Trinajstić information content (AvgIpc) is 3.19. The lowest BCUT2D eigenvalue weighted by atomic mass is 10.2. The molecule has 0 saturated heterocycles. The highest BCUT2D eigenvalue weighted by molar-refractivity contribution is 5.95. The van der Waals surface area contributed by atoms with Gasteiger partial charge in [0.15, 0.2) is 11.5 Å². The Balaban J connectivity index is 0.00000156. The normalized spacial score (nSPS) is 12.0. The summed E-state index contributed by atoms with van der Waals surface area (Å²) in [7, 11) is 0. The number of halogens is 1. The van der Waals surface area contributed by atoms with E-state index in [1.54, 1.807) is 12.3 Å². The Kier molecular flexibility index (Phi) is 4.08. The minimum atomic E-state index is -0.208. The maximum atomic E-state index is 12.2. The van der Waals surface area contributed by atoms with Gasteiger partial charge in [0, 0.05) is 18.1 Å². The van der Waals surface area contributed by atoms with Crippen molar-refractivity contribution in [3.05, 3.63) is 54.0 Å². The number of hydrogen-bond acceptors (Lipinski definition) is 4. The van der Waals surface area contributed by atoms with E-state index in [0.717, 1.165) is 22.2 Å². The molecule has 1 aromatic carbocycles. The Morgan fingerprint density at radius 2 is 2.09 bits per heavy atom. The van der Waals surface area contributed by atoms with Crippen LogP contribution in [0.2, 0.25) is 0 Å². The van der Waals surface area contributed by atoms with Gasteiger partial charge in [0.1, 0.15) is 5.69 Å². The Labute approximate surface area is 138 Å². The van der Waals surface area contributed by atoms with Crippen molar-refractivity contribution in [2.45, 2.75) is 6.54 Å². The second kappa shape index (κ2) is 6.18. The van der Waals surface area contributed by atoms with Crippen molar-refractivity contribution in [3.8, 4) is 11.5 Å². The quantitative estimate of drug-likeness (QED) is 0.773. The second-order valence-corrected chi connectivity index (χ2v) is 5.00. The molecule has 1 aliphatic heterocycles. The molecule has 6 nitrogen and oxygen atoms in total. The van der Waals surface area contributed by atoms with Crippen molar-refractivity contribution in [1.82, 2.24) is 15.3 Å². The molecule has 1 aliphatic rings. The Morgan fingerprint density at radius 1 is 1.22 bits per heavy atom. The third kappa shape index (κ3) is 2.93. The molecule has 4 rings (SSSR count). The zero-order valence-electron chi connectivity index (χ0n) is 12.0. The maximum Gasteiger partial charge on any atom is 0.270 e. The zero-order valence-corrected chi connectivity index (χ0v) is 12.9. The third-order valence-corrected chi connectivity index (χ3v) is 3.56. The van der Waals surface area contributed by atoms with Crippen molar-refractivity contribution in [2.24, 2.45) is 0 Å². The molecule has 118 valence electrons. The molecule has 3 heterocycles. The standard InChI is InChI=1S/C16H13N3O3.ClH/c20-16(12-6-11-3-4-17-13(11)8-18-12)19-7-10-1-2-14-15(5-10)22-9-21-14;/h1-6,8,17H,7,9H2,(H,19,20);1H. The number of amides is 1. The number of benzene rings is 1. The van der Waals surface area contributed by atoms with E-state index in [4.69, 9.17) is 9.47 Å². The molecule has 0 fully saturated rings. The summed E-state index contributed by atoms with van der Waals surface area (Å²) in [4.78, 5) is 19.4. The summed E-state index contributed by atoms with van der Waals surface area (Å²) in [6.45, 7) is 0.647. The lowest BCUT2D eigenvalue weighted by Gasteiger charge is -2.06.